The summed E-state index contributed by atoms with van der Waals surface area (Å²) in [6, 6.07) is 16.2. The first-order valence-corrected chi connectivity index (χ1v) is 11.4. The van der Waals surface area contributed by atoms with Crippen molar-refractivity contribution in [2.75, 3.05) is 24.7 Å². The van der Waals surface area contributed by atoms with Gasteiger partial charge in [0, 0.05) is 17.2 Å². The number of benzene rings is 2. The Morgan fingerprint density at radius 2 is 1.71 bits per heavy atom. The van der Waals surface area contributed by atoms with Gasteiger partial charge in [-0.2, -0.15) is 0 Å². The maximum absolute atomic E-state index is 12.2. The third-order valence-corrected chi connectivity index (χ3v) is 6.50. The van der Waals surface area contributed by atoms with Crippen LogP contribution >= 0.6 is 11.8 Å². The van der Waals surface area contributed by atoms with Gasteiger partial charge in [-0.3, -0.25) is 9.59 Å². The Morgan fingerprint density at radius 1 is 1.04 bits per heavy atom. The lowest BCUT2D eigenvalue weighted by Gasteiger charge is -2.07. The van der Waals surface area contributed by atoms with Gasteiger partial charge in [-0.1, -0.05) is 35.9 Å². The predicted molar refractivity (Wildman–Crippen MR) is 109 cm³/mol. The Bertz CT molecular complexity index is 881. The Labute approximate surface area is 169 Å². The third-order valence-electron chi connectivity index (χ3n) is 3.76. The third kappa shape index (κ3) is 7.74. The standard InChI is InChI=1S/C20H23NO5S2/c1-16-7-9-18(10-8-16)28(24,25)14-11-20(23)26-15-19(22)21-12-13-27-17-5-3-2-4-6-17/h2-10H,11-15H2,1H3,(H,21,22). The topological polar surface area (TPSA) is 89.5 Å². The molecule has 6 nitrogen and oxygen atoms in total. The molecule has 28 heavy (non-hydrogen) atoms. The zero-order valence-electron chi connectivity index (χ0n) is 15.6. The van der Waals surface area contributed by atoms with E-state index in [0.717, 1.165) is 10.5 Å². The number of nitrogens with one attached hydrogen (secondary N) is 1. The molecule has 0 aliphatic carbocycles. The predicted octanol–water partition coefficient (Wildman–Crippen LogP) is 2.61. The molecule has 0 atom stereocenters. The first-order chi connectivity index (χ1) is 13.4. The summed E-state index contributed by atoms with van der Waals surface area (Å²) in [6.45, 7) is 1.89. The highest BCUT2D eigenvalue weighted by molar-refractivity contribution is 7.99. The van der Waals surface area contributed by atoms with Crippen LogP contribution in [0.2, 0.25) is 0 Å². The summed E-state index contributed by atoms with van der Waals surface area (Å²) in [5, 5.41) is 2.66. The van der Waals surface area contributed by atoms with Gasteiger partial charge >= 0.3 is 5.97 Å². The van der Waals surface area contributed by atoms with Crippen LogP contribution < -0.4 is 5.32 Å². The Balaban J connectivity index is 1.63. The molecule has 1 amide bonds. The molecule has 0 spiro atoms. The fourth-order valence-corrected chi connectivity index (χ4v) is 4.24. The van der Waals surface area contributed by atoms with Crippen LogP contribution in [0.25, 0.3) is 0 Å². The molecule has 0 radical (unpaired) electrons. The lowest BCUT2D eigenvalue weighted by atomic mass is 10.2. The molecule has 2 aromatic carbocycles. The van der Waals surface area contributed by atoms with Crippen molar-refractivity contribution < 1.29 is 22.7 Å². The summed E-state index contributed by atoms with van der Waals surface area (Å²) in [4.78, 5) is 24.7. The van der Waals surface area contributed by atoms with Crippen LogP contribution in [0.15, 0.2) is 64.4 Å². The monoisotopic (exact) mass is 421 g/mol. The molecule has 0 unspecified atom stereocenters. The SMILES string of the molecule is Cc1ccc(S(=O)(=O)CCC(=O)OCC(=O)NCCSc2ccccc2)cc1. The summed E-state index contributed by atoms with van der Waals surface area (Å²) < 4.78 is 29.2. The second kappa shape index (κ2) is 10.9. The number of esters is 1. The summed E-state index contributed by atoms with van der Waals surface area (Å²) in [5.74, 6) is -0.796. The van der Waals surface area contributed by atoms with E-state index in [1.807, 2.05) is 37.3 Å². The summed E-state index contributed by atoms with van der Waals surface area (Å²) in [7, 11) is -3.56. The van der Waals surface area contributed by atoms with E-state index in [4.69, 9.17) is 4.74 Å². The van der Waals surface area contributed by atoms with Crippen molar-refractivity contribution in [1.29, 1.82) is 0 Å². The molecule has 8 heteroatoms. The largest absolute Gasteiger partial charge is 0.456 e. The first-order valence-electron chi connectivity index (χ1n) is 8.76. The van der Waals surface area contributed by atoms with Gasteiger partial charge in [0.1, 0.15) is 0 Å². The molecule has 0 saturated heterocycles. The highest BCUT2D eigenvalue weighted by Gasteiger charge is 2.17. The van der Waals surface area contributed by atoms with Crippen molar-refractivity contribution >= 4 is 33.5 Å². The van der Waals surface area contributed by atoms with E-state index < -0.39 is 28.3 Å². The summed E-state index contributed by atoms with van der Waals surface area (Å²) >= 11 is 1.61. The van der Waals surface area contributed by atoms with Gasteiger partial charge < -0.3 is 10.1 Å². The van der Waals surface area contributed by atoms with E-state index in [1.54, 1.807) is 23.9 Å². The van der Waals surface area contributed by atoms with Gasteiger partial charge in [0.05, 0.1) is 17.1 Å². The zero-order chi connectivity index (χ0) is 20.4. The van der Waals surface area contributed by atoms with Crippen molar-refractivity contribution in [3.05, 3.63) is 60.2 Å². The molecule has 0 heterocycles. The number of ether oxygens (including phenoxy) is 1. The molecule has 0 saturated carbocycles. The minimum atomic E-state index is -3.56. The molecular weight excluding hydrogens is 398 g/mol. The molecule has 150 valence electrons. The smallest absolute Gasteiger partial charge is 0.307 e. The number of amides is 1. The van der Waals surface area contributed by atoms with E-state index in [9.17, 15) is 18.0 Å². The van der Waals surface area contributed by atoms with Crippen LogP contribution in [0.5, 0.6) is 0 Å². The minimum absolute atomic E-state index is 0.166. The van der Waals surface area contributed by atoms with E-state index in [2.05, 4.69) is 5.32 Å². The van der Waals surface area contributed by atoms with Crippen LogP contribution in [-0.4, -0.2) is 45.0 Å². The average Bonchev–Trinajstić information content (AvgIpc) is 2.69. The summed E-state index contributed by atoms with van der Waals surface area (Å²) in [6.07, 6.45) is -0.298. The highest BCUT2D eigenvalue weighted by Crippen LogP contribution is 2.15. The quantitative estimate of drug-likeness (QED) is 0.360. The van der Waals surface area contributed by atoms with Crippen LogP contribution in [0.4, 0.5) is 0 Å². The van der Waals surface area contributed by atoms with Gasteiger partial charge in [-0.05, 0) is 31.2 Å². The van der Waals surface area contributed by atoms with Crippen LogP contribution in [-0.2, 0) is 24.2 Å². The van der Waals surface area contributed by atoms with Crippen LogP contribution in [0, 0.1) is 6.92 Å². The average molecular weight is 422 g/mol. The second-order valence-corrected chi connectivity index (χ2v) is 9.33. The molecule has 0 aliphatic heterocycles. The summed E-state index contributed by atoms with van der Waals surface area (Å²) in [5.41, 5.74) is 0.951. The number of hydrogen-bond acceptors (Lipinski definition) is 6. The van der Waals surface area contributed by atoms with Crippen molar-refractivity contribution in [2.24, 2.45) is 0 Å². The number of rotatable bonds is 10. The van der Waals surface area contributed by atoms with Gasteiger partial charge in [-0.25, -0.2) is 8.42 Å². The zero-order valence-corrected chi connectivity index (χ0v) is 17.2. The maximum Gasteiger partial charge on any atom is 0.307 e. The van der Waals surface area contributed by atoms with Gasteiger partial charge in [0.25, 0.3) is 5.91 Å². The molecule has 2 rings (SSSR count). The van der Waals surface area contributed by atoms with Crippen LogP contribution in [0.3, 0.4) is 0 Å². The number of carbonyl (C=O) groups is 2. The molecule has 0 bridgehead atoms. The number of carbonyl (C=O) groups excluding carboxylic acids is 2. The lowest BCUT2D eigenvalue weighted by molar-refractivity contribution is -0.148. The van der Waals surface area contributed by atoms with Crippen molar-refractivity contribution in [2.45, 2.75) is 23.1 Å². The Hall–Kier alpha value is -2.32. The molecule has 0 aromatic heterocycles. The van der Waals surface area contributed by atoms with Gasteiger partial charge in [-0.15, -0.1) is 11.8 Å². The molecule has 1 N–H and O–H groups in total. The van der Waals surface area contributed by atoms with Gasteiger partial charge in [0.15, 0.2) is 16.4 Å². The molecule has 0 fully saturated rings. The van der Waals surface area contributed by atoms with E-state index in [1.165, 1.54) is 12.1 Å². The Morgan fingerprint density at radius 3 is 2.39 bits per heavy atom. The van der Waals surface area contributed by atoms with Crippen LogP contribution in [0.1, 0.15) is 12.0 Å². The Kier molecular flexibility index (Phi) is 8.53. The number of hydrogen-bond donors (Lipinski definition) is 1. The van der Waals surface area contributed by atoms with E-state index >= 15 is 0 Å². The van der Waals surface area contributed by atoms with Crippen molar-refractivity contribution in [3.8, 4) is 0 Å². The minimum Gasteiger partial charge on any atom is -0.456 e. The fourth-order valence-electron chi connectivity index (χ4n) is 2.23. The second-order valence-electron chi connectivity index (χ2n) is 6.05. The fraction of sp³-hybridized carbons (Fsp3) is 0.300. The maximum atomic E-state index is 12.2. The lowest BCUT2D eigenvalue weighted by Crippen LogP contribution is -2.30. The van der Waals surface area contributed by atoms with Gasteiger partial charge in [0.2, 0.25) is 0 Å². The molecule has 2 aromatic rings. The van der Waals surface area contributed by atoms with Crippen molar-refractivity contribution in [3.63, 3.8) is 0 Å². The number of aryl methyl sites for hydroxylation is 1. The molecular formula is C20H23NO5S2. The van der Waals surface area contributed by atoms with Crippen molar-refractivity contribution in [1.82, 2.24) is 5.32 Å². The van der Waals surface area contributed by atoms with E-state index in [-0.39, 0.29) is 17.1 Å². The van der Waals surface area contributed by atoms with E-state index in [0.29, 0.717) is 12.3 Å². The first kappa shape index (κ1) is 22.0. The number of thioether (sulfide) groups is 1. The number of sulfone groups is 1. The normalized spacial score (nSPS) is 11.0. The molecule has 0 aliphatic rings. The highest BCUT2D eigenvalue weighted by atomic mass is 32.2.